The van der Waals surface area contributed by atoms with E-state index >= 15 is 0 Å². The Morgan fingerprint density at radius 3 is 2.73 bits per heavy atom. The minimum Gasteiger partial charge on any atom is -0.292 e. The van der Waals surface area contributed by atoms with Gasteiger partial charge in [-0.3, -0.25) is 9.78 Å². The highest BCUT2D eigenvalue weighted by atomic mass is 16.1. The molecule has 0 amide bonds. The maximum Gasteiger partial charge on any atom is 0.184 e. The van der Waals surface area contributed by atoms with Gasteiger partial charge >= 0.3 is 0 Å². The van der Waals surface area contributed by atoms with E-state index in [1.54, 1.807) is 12.3 Å². The van der Waals surface area contributed by atoms with Crippen LogP contribution in [0, 0.1) is 5.92 Å². The van der Waals surface area contributed by atoms with Crippen molar-refractivity contribution in [2.45, 2.75) is 39.5 Å². The molecule has 0 aliphatic carbocycles. The quantitative estimate of drug-likeness (QED) is 0.665. The van der Waals surface area contributed by atoms with Crippen molar-refractivity contribution in [1.82, 2.24) is 4.98 Å². The van der Waals surface area contributed by atoms with Crippen molar-refractivity contribution >= 4 is 5.78 Å². The molecule has 2 nitrogen and oxygen atoms in total. The molecule has 0 aromatic carbocycles. The highest BCUT2D eigenvalue weighted by Crippen LogP contribution is 2.17. The molecule has 15 heavy (non-hydrogen) atoms. The maximum absolute atomic E-state index is 12.0. The van der Waals surface area contributed by atoms with Gasteiger partial charge in [0.15, 0.2) is 5.78 Å². The van der Waals surface area contributed by atoms with Crippen LogP contribution in [-0.4, -0.2) is 10.8 Å². The highest BCUT2D eigenvalue weighted by Gasteiger charge is 2.18. The first-order valence-corrected chi connectivity index (χ1v) is 5.74. The topological polar surface area (TPSA) is 30.0 Å². The molecule has 0 aliphatic rings. The fourth-order valence-electron chi connectivity index (χ4n) is 1.69. The number of rotatable bonds is 6. The van der Waals surface area contributed by atoms with Crippen LogP contribution in [0.3, 0.4) is 0 Å². The lowest BCUT2D eigenvalue weighted by Crippen LogP contribution is -2.15. The molecule has 0 aliphatic heterocycles. The van der Waals surface area contributed by atoms with Gasteiger partial charge in [0, 0.05) is 12.1 Å². The average Bonchev–Trinajstić information content (AvgIpc) is 2.31. The lowest BCUT2D eigenvalue weighted by Gasteiger charge is -2.12. The number of unbranched alkanes of at least 4 members (excludes halogenated alkanes) is 1. The second-order valence-corrected chi connectivity index (χ2v) is 3.83. The van der Waals surface area contributed by atoms with Gasteiger partial charge in [-0.1, -0.05) is 32.8 Å². The summed E-state index contributed by atoms with van der Waals surface area (Å²) in [6.07, 6.45) is 5.85. The molecule has 1 heterocycles. The Bertz CT molecular complexity index is 295. The summed E-state index contributed by atoms with van der Waals surface area (Å²) in [6, 6.07) is 5.51. The second kappa shape index (κ2) is 6.33. The summed E-state index contributed by atoms with van der Waals surface area (Å²) in [6.45, 7) is 4.22. The van der Waals surface area contributed by atoms with Crippen LogP contribution < -0.4 is 0 Å². The summed E-state index contributed by atoms with van der Waals surface area (Å²) in [7, 11) is 0. The van der Waals surface area contributed by atoms with E-state index in [1.165, 1.54) is 0 Å². The molecule has 0 spiro atoms. The number of hydrogen-bond donors (Lipinski definition) is 0. The Morgan fingerprint density at radius 1 is 1.40 bits per heavy atom. The van der Waals surface area contributed by atoms with Crippen LogP contribution in [0.1, 0.15) is 50.0 Å². The zero-order valence-electron chi connectivity index (χ0n) is 9.57. The average molecular weight is 205 g/mol. The zero-order valence-corrected chi connectivity index (χ0v) is 9.57. The molecule has 0 saturated heterocycles. The first kappa shape index (κ1) is 11.9. The molecular formula is C13H19NO. The molecule has 2 heteroatoms. The van der Waals surface area contributed by atoms with Gasteiger partial charge in [-0.2, -0.15) is 0 Å². The van der Waals surface area contributed by atoms with E-state index in [0.717, 1.165) is 25.7 Å². The smallest absolute Gasteiger partial charge is 0.184 e. The van der Waals surface area contributed by atoms with Crippen LogP contribution in [0.15, 0.2) is 24.4 Å². The number of carbonyl (C=O) groups excluding carboxylic acids is 1. The van der Waals surface area contributed by atoms with Gasteiger partial charge in [0.05, 0.1) is 0 Å². The Hall–Kier alpha value is -1.18. The van der Waals surface area contributed by atoms with Gasteiger partial charge in [0.1, 0.15) is 5.69 Å². The van der Waals surface area contributed by atoms with E-state index in [9.17, 15) is 4.79 Å². The van der Waals surface area contributed by atoms with Crippen molar-refractivity contribution in [2.24, 2.45) is 5.92 Å². The molecule has 1 aromatic heterocycles. The van der Waals surface area contributed by atoms with Gasteiger partial charge in [0.25, 0.3) is 0 Å². The van der Waals surface area contributed by atoms with Crippen LogP contribution in [0.5, 0.6) is 0 Å². The van der Waals surface area contributed by atoms with Gasteiger partial charge in [-0.25, -0.2) is 0 Å². The summed E-state index contributed by atoms with van der Waals surface area (Å²) in [5, 5.41) is 0. The maximum atomic E-state index is 12.0. The molecule has 1 aromatic rings. The SMILES string of the molecule is CCCC[C@@H](CC)C(=O)c1ccccn1. The summed E-state index contributed by atoms with van der Waals surface area (Å²) < 4.78 is 0. The van der Waals surface area contributed by atoms with E-state index in [0.29, 0.717) is 5.69 Å². The van der Waals surface area contributed by atoms with Crippen LogP contribution in [0.4, 0.5) is 0 Å². The molecule has 0 unspecified atom stereocenters. The van der Waals surface area contributed by atoms with Gasteiger partial charge in [-0.15, -0.1) is 0 Å². The first-order valence-electron chi connectivity index (χ1n) is 5.74. The molecule has 82 valence electrons. The van der Waals surface area contributed by atoms with Crippen molar-refractivity contribution in [1.29, 1.82) is 0 Å². The lowest BCUT2D eigenvalue weighted by atomic mass is 9.93. The lowest BCUT2D eigenvalue weighted by molar-refractivity contribution is 0.0903. The normalized spacial score (nSPS) is 12.4. The van der Waals surface area contributed by atoms with Crippen molar-refractivity contribution < 1.29 is 4.79 Å². The standard InChI is InChI=1S/C13H19NO/c1-3-5-8-11(4-2)13(15)12-9-6-7-10-14-12/h6-7,9-11H,3-5,8H2,1-2H3/t11-/m1/s1. The van der Waals surface area contributed by atoms with Gasteiger partial charge < -0.3 is 0 Å². The van der Waals surface area contributed by atoms with Crippen molar-refractivity contribution in [3.63, 3.8) is 0 Å². The summed E-state index contributed by atoms with van der Waals surface area (Å²) >= 11 is 0. The monoisotopic (exact) mass is 205 g/mol. The number of ketones is 1. The second-order valence-electron chi connectivity index (χ2n) is 3.83. The van der Waals surface area contributed by atoms with Crippen molar-refractivity contribution in [2.75, 3.05) is 0 Å². The molecule has 0 N–H and O–H groups in total. The number of aromatic nitrogens is 1. The van der Waals surface area contributed by atoms with Crippen LogP contribution in [-0.2, 0) is 0 Å². The van der Waals surface area contributed by atoms with Crippen LogP contribution in [0.25, 0.3) is 0 Å². The van der Waals surface area contributed by atoms with E-state index < -0.39 is 0 Å². The van der Waals surface area contributed by atoms with Gasteiger partial charge in [-0.05, 0) is 25.0 Å². The predicted octanol–water partition coefficient (Wildman–Crippen LogP) is 3.48. The summed E-state index contributed by atoms with van der Waals surface area (Å²) in [5.74, 6) is 0.353. The van der Waals surface area contributed by atoms with E-state index in [2.05, 4.69) is 18.8 Å². The molecule has 0 saturated carbocycles. The minimum atomic E-state index is 0.153. The van der Waals surface area contributed by atoms with E-state index in [1.807, 2.05) is 12.1 Å². The zero-order chi connectivity index (χ0) is 11.1. The fraction of sp³-hybridized carbons (Fsp3) is 0.538. The molecule has 0 fully saturated rings. The molecule has 0 radical (unpaired) electrons. The third kappa shape index (κ3) is 3.46. The number of carbonyl (C=O) groups is 1. The van der Waals surface area contributed by atoms with E-state index in [-0.39, 0.29) is 11.7 Å². The van der Waals surface area contributed by atoms with Crippen molar-refractivity contribution in [3.8, 4) is 0 Å². The number of pyridine rings is 1. The Labute approximate surface area is 91.7 Å². The van der Waals surface area contributed by atoms with Crippen LogP contribution >= 0.6 is 0 Å². The summed E-state index contributed by atoms with van der Waals surface area (Å²) in [4.78, 5) is 16.1. The largest absolute Gasteiger partial charge is 0.292 e. The number of nitrogens with zero attached hydrogens (tertiary/aromatic N) is 1. The molecule has 0 bridgehead atoms. The van der Waals surface area contributed by atoms with Gasteiger partial charge in [0.2, 0.25) is 0 Å². The minimum absolute atomic E-state index is 0.153. The first-order chi connectivity index (χ1) is 7.29. The Kier molecular flexibility index (Phi) is 5.02. The third-order valence-electron chi connectivity index (χ3n) is 2.69. The number of Topliss-reactive ketones (excluding diaryl/α,β-unsaturated/α-hetero) is 1. The summed E-state index contributed by atoms with van der Waals surface area (Å²) in [5.41, 5.74) is 0.612. The molecular weight excluding hydrogens is 186 g/mol. The predicted molar refractivity (Wildman–Crippen MR) is 61.9 cm³/mol. The fourth-order valence-corrected chi connectivity index (χ4v) is 1.69. The Morgan fingerprint density at radius 2 is 2.20 bits per heavy atom. The molecule has 1 rings (SSSR count). The highest BCUT2D eigenvalue weighted by molar-refractivity contribution is 5.95. The number of hydrogen-bond acceptors (Lipinski definition) is 2. The Balaban J connectivity index is 2.65. The van der Waals surface area contributed by atoms with Crippen molar-refractivity contribution in [3.05, 3.63) is 30.1 Å². The van der Waals surface area contributed by atoms with E-state index in [4.69, 9.17) is 0 Å². The van der Waals surface area contributed by atoms with Crippen LogP contribution in [0.2, 0.25) is 0 Å². The third-order valence-corrected chi connectivity index (χ3v) is 2.69. The molecule has 1 atom stereocenters.